The minimum Gasteiger partial charge on any atom is -0.472 e. The molecule has 9 heteroatoms. The number of hydrogen-bond donors (Lipinski definition) is 2. The summed E-state index contributed by atoms with van der Waals surface area (Å²) in [6, 6.07) is 1.91. The van der Waals surface area contributed by atoms with Crippen LogP contribution in [0.25, 0.3) is 0 Å². The standard InChI is InChI=1S/C15H12F4N2O3/c1-8(20-14(23)9-4-5-24-7-9)13(22)21-12-6-10(15(17,18)19)2-3-11(12)16/h2-8H,1H3,(H,20,23)(H,21,22)/t8-/m0/s1. The Labute approximate surface area is 133 Å². The number of amides is 2. The topological polar surface area (TPSA) is 71.3 Å². The molecule has 0 saturated carbocycles. The van der Waals surface area contributed by atoms with Crippen LogP contribution in [0.1, 0.15) is 22.8 Å². The van der Waals surface area contributed by atoms with Gasteiger partial charge in [0.15, 0.2) is 0 Å². The number of nitrogens with one attached hydrogen (secondary N) is 2. The Morgan fingerprint density at radius 3 is 2.50 bits per heavy atom. The second-order valence-corrected chi connectivity index (χ2v) is 4.89. The van der Waals surface area contributed by atoms with Crippen LogP contribution < -0.4 is 10.6 Å². The van der Waals surface area contributed by atoms with Crippen LogP contribution in [0.4, 0.5) is 23.2 Å². The van der Waals surface area contributed by atoms with E-state index in [0.717, 1.165) is 6.26 Å². The third kappa shape index (κ3) is 4.12. The van der Waals surface area contributed by atoms with Crippen molar-refractivity contribution in [2.24, 2.45) is 0 Å². The van der Waals surface area contributed by atoms with Crippen LogP contribution in [-0.2, 0) is 11.0 Å². The molecular weight excluding hydrogens is 332 g/mol. The van der Waals surface area contributed by atoms with E-state index < -0.39 is 41.1 Å². The highest BCUT2D eigenvalue weighted by Crippen LogP contribution is 2.31. The number of rotatable bonds is 4. The van der Waals surface area contributed by atoms with Crippen LogP contribution >= 0.6 is 0 Å². The SMILES string of the molecule is C[C@H](NC(=O)c1ccoc1)C(=O)Nc1cc(C(F)(F)F)ccc1F. The summed E-state index contributed by atoms with van der Waals surface area (Å²) in [4.78, 5) is 23.7. The molecule has 128 valence electrons. The summed E-state index contributed by atoms with van der Waals surface area (Å²) < 4.78 is 56.2. The molecule has 2 amide bonds. The van der Waals surface area contributed by atoms with Crippen LogP contribution in [0.5, 0.6) is 0 Å². The summed E-state index contributed by atoms with van der Waals surface area (Å²) >= 11 is 0. The van der Waals surface area contributed by atoms with E-state index in [1.165, 1.54) is 19.3 Å². The summed E-state index contributed by atoms with van der Waals surface area (Å²) in [6.07, 6.45) is -2.25. The monoisotopic (exact) mass is 344 g/mol. The fourth-order valence-corrected chi connectivity index (χ4v) is 1.78. The van der Waals surface area contributed by atoms with Crippen LogP contribution in [0.3, 0.4) is 0 Å². The number of carbonyl (C=O) groups excluding carboxylic acids is 2. The zero-order chi connectivity index (χ0) is 17.9. The molecule has 0 radical (unpaired) electrons. The van der Waals surface area contributed by atoms with E-state index >= 15 is 0 Å². The molecule has 0 unspecified atom stereocenters. The van der Waals surface area contributed by atoms with Crippen molar-refractivity contribution >= 4 is 17.5 Å². The lowest BCUT2D eigenvalue weighted by Crippen LogP contribution is -2.41. The van der Waals surface area contributed by atoms with Gasteiger partial charge in [0.2, 0.25) is 5.91 Å². The number of alkyl halides is 3. The van der Waals surface area contributed by atoms with Crippen molar-refractivity contribution in [1.82, 2.24) is 5.32 Å². The number of anilines is 1. The Kier molecular flexibility index (Phi) is 4.91. The number of benzene rings is 1. The van der Waals surface area contributed by atoms with Crippen LogP contribution in [0, 0.1) is 5.82 Å². The highest BCUT2D eigenvalue weighted by molar-refractivity contribution is 6.00. The minimum absolute atomic E-state index is 0.167. The predicted molar refractivity (Wildman–Crippen MR) is 75.7 cm³/mol. The first-order chi connectivity index (χ1) is 11.2. The number of halogens is 4. The van der Waals surface area contributed by atoms with E-state index in [-0.39, 0.29) is 5.56 Å². The molecule has 0 spiro atoms. The molecule has 0 aliphatic rings. The molecule has 5 nitrogen and oxygen atoms in total. The quantitative estimate of drug-likeness (QED) is 0.837. The molecule has 1 aromatic carbocycles. The molecular formula is C15H12F4N2O3. The largest absolute Gasteiger partial charge is 0.472 e. The average molecular weight is 344 g/mol. The maximum atomic E-state index is 13.6. The number of furan rings is 1. The smallest absolute Gasteiger partial charge is 0.416 e. The van der Waals surface area contributed by atoms with Crippen LogP contribution in [0.2, 0.25) is 0 Å². The minimum atomic E-state index is -4.67. The normalized spacial score (nSPS) is 12.5. The van der Waals surface area contributed by atoms with Gasteiger partial charge >= 0.3 is 6.18 Å². The molecule has 1 aromatic heterocycles. The van der Waals surface area contributed by atoms with Gasteiger partial charge < -0.3 is 15.1 Å². The zero-order valence-corrected chi connectivity index (χ0v) is 12.3. The van der Waals surface area contributed by atoms with E-state index in [1.807, 2.05) is 5.32 Å². The van der Waals surface area contributed by atoms with E-state index in [4.69, 9.17) is 4.42 Å². The van der Waals surface area contributed by atoms with E-state index in [1.54, 1.807) is 0 Å². The Morgan fingerprint density at radius 2 is 1.92 bits per heavy atom. The van der Waals surface area contributed by atoms with E-state index in [2.05, 4.69) is 5.32 Å². The van der Waals surface area contributed by atoms with Crippen molar-refractivity contribution in [3.63, 3.8) is 0 Å². The fourth-order valence-electron chi connectivity index (χ4n) is 1.78. The Hall–Kier alpha value is -2.84. The summed E-state index contributed by atoms with van der Waals surface area (Å²) in [5, 5.41) is 4.33. The molecule has 0 aliphatic heterocycles. The number of carbonyl (C=O) groups is 2. The first kappa shape index (κ1) is 17.5. The van der Waals surface area contributed by atoms with E-state index in [0.29, 0.717) is 18.2 Å². The van der Waals surface area contributed by atoms with Gasteiger partial charge in [0.25, 0.3) is 5.91 Å². The summed E-state index contributed by atoms with van der Waals surface area (Å²) in [5.41, 5.74) is -1.56. The van der Waals surface area contributed by atoms with E-state index in [9.17, 15) is 27.2 Å². The summed E-state index contributed by atoms with van der Waals surface area (Å²) in [7, 11) is 0. The second kappa shape index (κ2) is 6.73. The van der Waals surface area contributed by atoms with Crippen molar-refractivity contribution < 1.29 is 31.6 Å². The van der Waals surface area contributed by atoms with Gasteiger partial charge in [-0.25, -0.2) is 4.39 Å². The van der Waals surface area contributed by atoms with Crippen molar-refractivity contribution in [1.29, 1.82) is 0 Å². The second-order valence-electron chi connectivity index (χ2n) is 4.89. The van der Waals surface area contributed by atoms with Gasteiger partial charge in [0.1, 0.15) is 18.1 Å². The van der Waals surface area contributed by atoms with Crippen LogP contribution in [0.15, 0.2) is 41.2 Å². The van der Waals surface area contributed by atoms with Gasteiger partial charge in [-0.2, -0.15) is 13.2 Å². The molecule has 1 atom stereocenters. The fraction of sp³-hybridized carbons (Fsp3) is 0.200. The molecule has 1 heterocycles. The highest BCUT2D eigenvalue weighted by Gasteiger charge is 2.31. The first-order valence-electron chi connectivity index (χ1n) is 6.69. The first-order valence-corrected chi connectivity index (χ1v) is 6.69. The Bertz CT molecular complexity index is 742. The average Bonchev–Trinajstić information content (AvgIpc) is 3.02. The maximum absolute atomic E-state index is 13.6. The lowest BCUT2D eigenvalue weighted by Gasteiger charge is -2.15. The van der Waals surface area contributed by atoms with Gasteiger partial charge in [0, 0.05) is 0 Å². The summed E-state index contributed by atoms with van der Waals surface area (Å²) in [5.74, 6) is -2.51. The van der Waals surface area contributed by atoms with Crippen molar-refractivity contribution in [2.75, 3.05) is 5.32 Å². The molecule has 2 rings (SSSR count). The van der Waals surface area contributed by atoms with Gasteiger partial charge in [-0.05, 0) is 31.2 Å². The van der Waals surface area contributed by atoms with Crippen LogP contribution in [-0.4, -0.2) is 17.9 Å². The molecule has 0 bridgehead atoms. The molecule has 24 heavy (non-hydrogen) atoms. The Morgan fingerprint density at radius 1 is 1.21 bits per heavy atom. The molecule has 2 aromatic rings. The van der Waals surface area contributed by atoms with Crippen molar-refractivity contribution in [3.8, 4) is 0 Å². The molecule has 0 aliphatic carbocycles. The van der Waals surface area contributed by atoms with Gasteiger partial charge in [-0.3, -0.25) is 9.59 Å². The molecule has 0 fully saturated rings. The lowest BCUT2D eigenvalue weighted by atomic mass is 10.1. The van der Waals surface area contributed by atoms with Crippen molar-refractivity contribution in [2.45, 2.75) is 19.1 Å². The maximum Gasteiger partial charge on any atom is 0.416 e. The zero-order valence-electron chi connectivity index (χ0n) is 12.3. The predicted octanol–water partition coefficient (Wildman–Crippen LogP) is 3.19. The van der Waals surface area contributed by atoms with Gasteiger partial charge in [-0.15, -0.1) is 0 Å². The lowest BCUT2D eigenvalue weighted by molar-refractivity contribution is -0.137. The number of hydrogen-bond acceptors (Lipinski definition) is 3. The van der Waals surface area contributed by atoms with Gasteiger partial charge in [0.05, 0.1) is 23.1 Å². The molecule has 0 saturated heterocycles. The van der Waals surface area contributed by atoms with Gasteiger partial charge in [-0.1, -0.05) is 0 Å². The third-order valence-corrected chi connectivity index (χ3v) is 3.08. The highest BCUT2D eigenvalue weighted by atomic mass is 19.4. The summed E-state index contributed by atoms with van der Waals surface area (Å²) in [6.45, 7) is 1.30. The Balaban J connectivity index is 2.07. The molecule has 2 N–H and O–H groups in total. The third-order valence-electron chi connectivity index (χ3n) is 3.08. The van der Waals surface area contributed by atoms with Crippen molar-refractivity contribution in [3.05, 3.63) is 53.7 Å².